The summed E-state index contributed by atoms with van der Waals surface area (Å²) in [6.07, 6.45) is 0. The SMILES string of the molecule is O=[N+]([O-])c1cc(CNCC(F)(F)CO)ccc1Br. The Morgan fingerprint density at radius 2 is 2.17 bits per heavy atom. The smallest absolute Gasteiger partial charge is 0.283 e. The van der Waals surface area contributed by atoms with Crippen molar-refractivity contribution in [3.63, 3.8) is 0 Å². The van der Waals surface area contributed by atoms with Gasteiger partial charge in [0.25, 0.3) is 11.6 Å². The Balaban J connectivity index is 2.64. The third kappa shape index (κ3) is 4.28. The van der Waals surface area contributed by atoms with E-state index in [2.05, 4.69) is 21.2 Å². The lowest BCUT2D eigenvalue weighted by atomic mass is 10.2. The van der Waals surface area contributed by atoms with Crippen LogP contribution in [-0.4, -0.2) is 29.1 Å². The maximum Gasteiger partial charge on any atom is 0.283 e. The van der Waals surface area contributed by atoms with Crippen LogP contribution in [0.1, 0.15) is 5.56 Å². The third-order valence-corrected chi connectivity index (χ3v) is 2.82. The Kier molecular flexibility index (Phi) is 5.12. The van der Waals surface area contributed by atoms with Crippen molar-refractivity contribution in [2.45, 2.75) is 12.5 Å². The minimum absolute atomic E-state index is 0.0592. The van der Waals surface area contributed by atoms with Gasteiger partial charge in [0.2, 0.25) is 0 Å². The Morgan fingerprint density at radius 1 is 1.50 bits per heavy atom. The number of alkyl halides is 2. The van der Waals surface area contributed by atoms with E-state index in [4.69, 9.17) is 5.11 Å². The van der Waals surface area contributed by atoms with Gasteiger partial charge < -0.3 is 10.4 Å². The van der Waals surface area contributed by atoms with E-state index in [1.165, 1.54) is 12.1 Å². The number of aliphatic hydroxyl groups excluding tert-OH is 1. The Morgan fingerprint density at radius 3 is 2.72 bits per heavy atom. The molecule has 0 bridgehead atoms. The van der Waals surface area contributed by atoms with Gasteiger partial charge in [0.05, 0.1) is 15.9 Å². The first-order valence-electron chi connectivity index (χ1n) is 4.98. The lowest BCUT2D eigenvalue weighted by Crippen LogP contribution is -2.35. The van der Waals surface area contributed by atoms with Crippen molar-refractivity contribution in [3.8, 4) is 0 Å². The molecule has 0 unspecified atom stereocenters. The topological polar surface area (TPSA) is 75.4 Å². The number of nitrogens with one attached hydrogen (secondary N) is 1. The molecule has 0 atom stereocenters. The largest absolute Gasteiger partial charge is 0.390 e. The quantitative estimate of drug-likeness (QED) is 0.620. The Bertz CT molecular complexity index is 443. The van der Waals surface area contributed by atoms with Gasteiger partial charge in [-0.2, -0.15) is 0 Å². The highest BCUT2D eigenvalue weighted by atomic mass is 79.9. The average molecular weight is 325 g/mol. The molecule has 2 N–H and O–H groups in total. The zero-order valence-electron chi connectivity index (χ0n) is 9.20. The first-order chi connectivity index (χ1) is 8.35. The molecule has 0 aliphatic rings. The maximum atomic E-state index is 12.7. The van der Waals surface area contributed by atoms with Crippen molar-refractivity contribution in [3.05, 3.63) is 38.3 Å². The van der Waals surface area contributed by atoms with Gasteiger partial charge in [0, 0.05) is 12.6 Å². The van der Waals surface area contributed by atoms with Crippen LogP contribution in [-0.2, 0) is 6.54 Å². The minimum Gasteiger partial charge on any atom is -0.390 e. The Hall–Kier alpha value is -1.12. The van der Waals surface area contributed by atoms with Gasteiger partial charge in [-0.25, -0.2) is 8.78 Å². The monoisotopic (exact) mass is 324 g/mol. The van der Waals surface area contributed by atoms with E-state index < -0.39 is 24.0 Å². The van der Waals surface area contributed by atoms with Crippen LogP contribution >= 0.6 is 15.9 Å². The average Bonchev–Trinajstić information content (AvgIpc) is 2.31. The number of nitro groups is 1. The second kappa shape index (κ2) is 6.17. The fourth-order valence-electron chi connectivity index (χ4n) is 1.25. The van der Waals surface area contributed by atoms with E-state index in [1.807, 2.05) is 0 Å². The lowest BCUT2D eigenvalue weighted by molar-refractivity contribution is -0.385. The molecule has 0 aromatic heterocycles. The van der Waals surface area contributed by atoms with Crippen LogP contribution in [0, 0.1) is 10.1 Å². The van der Waals surface area contributed by atoms with Crippen molar-refractivity contribution in [1.82, 2.24) is 5.32 Å². The molecule has 0 amide bonds. The molecule has 0 heterocycles. The molecular formula is C10H11BrF2N2O3. The lowest BCUT2D eigenvalue weighted by Gasteiger charge is -2.13. The van der Waals surface area contributed by atoms with Crippen LogP contribution in [0.4, 0.5) is 14.5 Å². The fourth-order valence-corrected chi connectivity index (χ4v) is 1.65. The van der Waals surface area contributed by atoms with Crippen molar-refractivity contribution in [2.24, 2.45) is 0 Å². The first-order valence-corrected chi connectivity index (χ1v) is 5.77. The second-order valence-electron chi connectivity index (χ2n) is 3.66. The van der Waals surface area contributed by atoms with Gasteiger partial charge in [-0.3, -0.25) is 10.1 Å². The van der Waals surface area contributed by atoms with Gasteiger partial charge in [-0.1, -0.05) is 6.07 Å². The standard InChI is InChI=1S/C10H11BrF2N2O3/c11-8-2-1-7(3-9(8)15(17)18)4-14-5-10(12,13)6-16/h1-3,14,16H,4-6H2. The number of nitrogens with zero attached hydrogens (tertiary/aromatic N) is 1. The molecule has 5 nitrogen and oxygen atoms in total. The maximum absolute atomic E-state index is 12.7. The highest BCUT2D eigenvalue weighted by Crippen LogP contribution is 2.25. The third-order valence-electron chi connectivity index (χ3n) is 2.15. The Labute approximate surface area is 110 Å². The summed E-state index contributed by atoms with van der Waals surface area (Å²) in [7, 11) is 0. The van der Waals surface area contributed by atoms with E-state index in [1.54, 1.807) is 6.07 Å². The van der Waals surface area contributed by atoms with Crippen LogP contribution in [0.15, 0.2) is 22.7 Å². The number of aliphatic hydroxyl groups is 1. The van der Waals surface area contributed by atoms with Crippen LogP contribution < -0.4 is 5.32 Å². The van der Waals surface area contributed by atoms with Gasteiger partial charge in [-0.05, 0) is 27.6 Å². The van der Waals surface area contributed by atoms with E-state index in [-0.39, 0.29) is 12.2 Å². The molecule has 1 aromatic rings. The molecule has 0 radical (unpaired) electrons. The van der Waals surface area contributed by atoms with Crippen molar-refractivity contribution in [2.75, 3.05) is 13.2 Å². The van der Waals surface area contributed by atoms with E-state index in [0.29, 0.717) is 10.0 Å². The molecule has 0 saturated heterocycles. The fraction of sp³-hybridized carbons (Fsp3) is 0.400. The number of halogens is 3. The predicted molar refractivity (Wildman–Crippen MR) is 64.5 cm³/mol. The molecular weight excluding hydrogens is 314 g/mol. The van der Waals surface area contributed by atoms with Crippen LogP contribution in [0.5, 0.6) is 0 Å². The summed E-state index contributed by atoms with van der Waals surface area (Å²) in [5, 5.41) is 21.4. The zero-order valence-corrected chi connectivity index (χ0v) is 10.8. The van der Waals surface area contributed by atoms with Crippen molar-refractivity contribution in [1.29, 1.82) is 0 Å². The summed E-state index contributed by atoms with van der Waals surface area (Å²) in [6.45, 7) is -1.86. The molecule has 0 spiro atoms. The predicted octanol–water partition coefficient (Wildman–Crippen LogP) is 2.07. The van der Waals surface area contributed by atoms with Gasteiger partial charge in [-0.15, -0.1) is 0 Å². The number of hydrogen-bond acceptors (Lipinski definition) is 4. The number of nitro benzene ring substituents is 1. The summed E-state index contributed by atoms with van der Waals surface area (Å²) < 4.78 is 25.7. The van der Waals surface area contributed by atoms with Crippen LogP contribution in [0.25, 0.3) is 0 Å². The molecule has 8 heteroatoms. The molecule has 100 valence electrons. The molecule has 18 heavy (non-hydrogen) atoms. The highest BCUT2D eigenvalue weighted by molar-refractivity contribution is 9.10. The molecule has 0 saturated carbocycles. The summed E-state index contributed by atoms with van der Waals surface area (Å²) >= 11 is 3.03. The molecule has 0 fully saturated rings. The van der Waals surface area contributed by atoms with E-state index >= 15 is 0 Å². The number of benzene rings is 1. The summed E-state index contributed by atoms with van der Waals surface area (Å²) in [4.78, 5) is 10.1. The molecule has 0 aliphatic heterocycles. The molecule has 1 aromatic carbocycles. The molecule has 0 aliphatic carbocycles. The van der Waals surface area contributed by atoms with Crippen molar-refractivity contribution >= 4 is 21.6 Å². The minimum atomic E-state index is -3.19. The first kappa shape index (κ1) is 14.9. The summed E-state index contributed by atoms with van der Waals surface area (Å²) in [5.41, 5.74) is 0.391. The second-order valence-corrected chi connectivity index (χ2v) is 4.51. The van der Waals surface area contributed by atoms with Gasteiger partial charge >= 0.3 is 0 Å². The van der Waals surface area contributed by atoms with Crippen LogP contribution in [0.3, 0.4) is 0 Å². The van der Waals surface area contributed by atoms with E-state index in [0.717, 1.165) is 0 Å². The van der Waals surface area contributed by atoms with Gasteiger partial charge in [0.1, 0.15) is 6.61 Å². The highest BCUT2D eigenvalue weighted by Gasteiger charge is 2.26. The number of rotatable bonds is 6. The molecule has 1 rings (SSSR count). The summed E-state index contributed by atoms with van der Waals surface area (Å²) in [5.74, 6) is -3.19. The van der Waals surface area contributed by atoms with Crippen LogP contribution in [0.2, 0.25) is 0 Å². The summed E-state index contributed by atoms with van der Waals surface area (Å²) in [6, 6.07) is 4.37. The van der Waals surface area contributed by atoms with Gasteiger partial charge in [0.15, 0.2) is 0 Å². The number of hydrogen-bond donors (Lipinski definition) is 2. The zero-order chi connectivity index (χ0) is 13.8. The van der Waals surface area contributed by atoms with E-state index in [9.17, 15) is 18.9 Å². The van der Waals surface area contributed by atoms with Crippen molar-refractivity contribution < 1.29 is 18.8 Å². The normalized spacial score (nSPS) is 11.6.